The normalized spacial score (nSPS) is 18.1. The van der Waals surface area contributed by atoms with Crippen LogP contribution >= 0.6 is 11.6 Å². The van der Waals surface area contributed by atoms with Crippen LogP contribution in [0.4, 0.5) is 0 Å². The van der Waals surface area contributed by atoms with Crippen LogP contribution in [0, 0.1) is 0 Å². The number of hydrogen-bond donors (Lipinski definition) is 1. The monoisotopic (exact) mass is 369 g/mol. The Morgan fingerprint density at radius 3 is 2.81 bits per heavy atom. The lowest BCUT2D eigenvalue weighted by molar-refractivity contribution is 0.194. The fourth-order valence-corrected chi connectivity index (χ4v) is 3.55. The fourth-order valence-electron chi connectivity index (χ4n) is 3.42. The smallest absolute Gasteiger partial charge is 0.297 e. The first-order chi connectivity index (χ1) is 12.7. The highest BCUT2D eigenvalue weighted by molar-refractivity contribution is 6.30. The second-order valence-corrected chi connectivity index (χ2v) is 7.04. The lowest BCUT2D eigenvalue weighted by Crippen LogP contribution is -2.34. The summed E-state index contributed by atoms with van der Waals surface area (Å²) in [5, 5.41) is 5.17. The van der Waals surface area contributed by atoms with E-state index in [2.05, 4.69) is 20.0 Å². The minimum Gasteiger partial charge on any atom is -0.297 e. The number of nitrogens with one attached hydrogen (secondary N) is 1. The van der Waals surface area contributed by atoms with Gasteiger partial charge in [-0.25, -0.2) is 4.79 Å². The Balaban J connectivity index is 1.51. The first kappa shape index (κ1) is 17.0. The highest BCUT2D eigenvalue weighted by Crippen LogP contribution is 2.25. The van der Waals surface area contributed by atoms with Crippen molar-refractivity contribution in [1.82, 2.24) is 24.6 Å². The number of benzene rings is 1. The average Bonchev–Trinajstić information content (AvgIpc) is 3.05. The molecule has 1 saturated heterocycles. The molecule has 1 aliphatic heterocycles. The van der Waals surface area contributed by atoms with Gasteiger partial charge in [-0.3, -0.25) is 14.9 Å². The highest BCUT2D eigenvalue weighted by Gasteiger charge is 2.25. The zero-order valence-electron chi connectivity index (χ0n) is 14.3. The van der Waals surface area contributed by atoms with Gasteiger partial charge in [0.25, 0.3) is 0 Å². The van der Waals surface area contributed by atoms with E-state index in [4.69, 9.17) is 11.6 Å². The van der Waals surface area contributed by atoms with Crippen molar-refractivity contribution in [2.45, 2.75) is 25.3 Å². The SMILES string of the molecule is O=c1[nH]c(C2CCCN(Cc3ccccn3)C2)nn1-c1ccc(Cl)cc1. The van der Waals surface area contributed by atoms with Gasteiger partial charge in [-0.1, -0.05) is 17.7 Å². The van der Waals surface area contributed by atoms with Crippen molar-refractivity contribution in [3.05, 3.63) is 75.7 Å². The van der Waals surface area contributed by atoms with Gasteiger partial charge in [0.1, 0.15) is 5.82 Å². The highest BCUT2D eigenvalue weighted by atomic mass is 35.5. The van der Waals surface area contributed by atoms with Crippen LogP contribution in [-0.2, 0) is 6.54 Å². The minimum atomic E-state index is -0.218. The Bertz CT molecular complexity index is 919. The van der Waals surface area contributed by atoms with Gasteiger partial charge in [-0.15, -0.1) is 5.10 Å². The number of H-pyrrole nitrogens is 1. The molecule has 134 valence electrons. The number of aromatic amines is 1. The maximum absolute atomic E-state index is 12.3. The Morgan fingerprint density at radius 2 is 2.04 bits per heavy atom. The fraction of sp³-hybridized carbons (Fsp3) is 0.316. The summed E-state index contributed by atoms with van der Waals surface area (Å²) < 4.78 is 1.41. The van der Waals surface area contributed by atoms with Crippen LogP contribution in [0.15, 0.2) is 53.5 Å². The van der Waals surface area contributed by atoms with Crippen LogP contribution in [0.3, 0.4) is 0 Å². The van der Waals surface area contributed by atoms with E-state index < -0.39 is 0 Å². The minimum absolute atomic E-state index is 0.216. The predicted molar refractivity (Wildman–Crippen MR) is 101 cm³/mol. The Labute approximate surface area is 156 Å². The summed E-state index contributed by atoms with van der Waals surface area (Å²) in [6, 6.07) is 13.1. The third-order valence-electron chi connectivity index (χ3n) is 4.71. The van der Waals surface area contributed by atoms with Crippen LogP contribution < -0.4 is 5.69 Å². The van der Waals surface area contributed by atoms with Gasteiger partial charge in [0, 0.05) is 30.2 Å². The molecular weight excluding hydrogens is 350 g/mol. The maximum Gasteiger partial charge on any atom is 0.348 e. The molecule has 0 amide bonds. The maximum atomic E-state index is 12.3. The molecule has 1 aromatic carbocycles. The van der Waals surface area contributed by atoms with Crippen molar-refractivity contribution in [2.75, 3.05) is 13.1 Å². The van der Waals surface area contributed by atoms with Crippen molar-refractivity contribution in [2.24, 2.45) is 0 Å². The number of rotatable bonds is 4. The van der Waals surface area contributed by atoms with Gasteiger partial charge in [-0.2, -0.15) is 4.68 Å². The summed E-state index contributed by atoms with van der Waals surface area (Å²) in [5.41, 5.74) is 1.56. The molecule has 2 aromatic heterocycles. The lowest BCUT2D eigenvalue weighted by Gasteiger charge is -2.31. The van der Waals surface area contributed by atoms with E-state index in [1.54, 1.807) is 24.3 Å². The summed E-state index contributed by atoms with van der Waals surface area (Å²) in [4.78, 5) is 22.0. The largest absolute Gasteiger partial charge is 0.348 e. The van der Waals surface area contributed by atoms with Gasteiger partial charge in [-0.05, 0) is 55.8 Å². The Morgan fingerprint density at radius 1 is 1.19 bits per heavy atom. The lowest BCUT2D eigenvalue weighted by atomic mass is 9.97. The molecule has 0 spiro atoms. The molecule has 0 radical (unpaired) electrons. The third kappa shape index (κ3) is 3.71. The van der Waals surface area contributed by atoms with Gasteiger partial charge in [0.05, 0.1) is 11.4 Å². The van der Waals surface area contributed by atoms with Gasteiger partial charge >= 0.3 is 5.69 Å². The Kier molecular flexibility index (Phi) is 4.86. The Hall–Kier alpha value is -2.44. The molecule has 1 N–H and O–H groups in total. The average molecular weight is 370 g/mol. The molecule has 1 atom stereocenters. The molecule has 3 aromatic rings. The molecule has 1 aliphatic rings. The van der Waals surface area contributed by atoms with E-state index in [0.717, 1.165) is 44.0 Å². The molecule has 0 bridgehead atoms. The molecular formula is C19H20ClN5O. The quantitative estimate of drug-likeness (QED) is 0.767. The summed E-state index contributed by atoms with van der Waals surface area (Å²) in [5.74, 6) is 0.962. The van der Waals surface area contributed by atoms with E-state index in [0.29, 0.717) is 10.7 Å². The summed E-state index contributed by atoms with van der Waals surface area (Å²) in [6.45, 7) is 2.72. The van der Waals surface area contributed by atoms with E-state index in [-0.39, 0.29) is 11.6 Å². The van der Waals surface area contributed by atoms with Gasteiger partial charge < -0.3 is 0 Å². The van der Waals surface area contributed by atoms with Crippen LogP contribution in [0.2, 0.25) is 5.02 Å². The summed E-state index contributed by atoms with van der Waals surface area (Å²) in [6.07, 6.45) is 3.92. The van der Waals surface area contributed by atoms with Crippen molar-refractivity contribution in [3.8, 4) is 5.69 Å². The van der Waals surface area contributed by atoms with E-state index >= 15 is 0 Å². The van der Waals surface area contributed by atoms with Crippen LogP contribution in [-0.4, -0.2) is 37.7 Å². The molecule has 6 nitrogen and oxygen atoms in total. The molecule has 1 unspecified atom stereocenters. The van der Waals surface area contributed by atoms with Crippen molar-refractivity contribution < 1.29 is 0 Å². The number of nitrogens with zero attached hydrogens (tertiary/aromatic N) is 4. The van der Waals surface area contributed by atoms with Crippen molar-refractivity contribution in [3.63, 3.8) is 0 Å². The number of pyridine rings is 1. The second kappa shape index (κ2) is 7.43. The van der Waals surface area contributed by atoms with E-state index in [1.165, 1.54) is 4.68 Å². The zero-order valence-corrected chi connectivity index (χ0v) is 15.1. The third-order valence-corrected chi connectivity index (χ3v) is 4.96. The molecule has 0 aliphatic carbocycles. The first-order valence-corrected chi connectivity index (χ1v) is 9.14. The van der Waals surface area contributed by atoms with E-state index in [1.807, 2.05) is 24.4 Å². The zero-order chi connectivity index (χ0) is 17.9. The predicted octanol–water partition coefficient (Wildman–Crippen LogP) is 2.99. The number of piperidine rings is 1. The number of hydrogen-bond acceptors (Lipinski definition) is 4. The van der Waals surface area contributed by atoms with Crippen LogP contribution in [0.5, 0.6) is 0 Å². The summed E-state index contributed by atoms with van der Waals surface area (Å²) in [7, 11) is 0. The van der Waals surface area contributed by atoms with Crippen LogP contribution in [0.1, 0.15) is 30.3 Å². The van der Waals surface area contributed by atoms with Gasteiger partial charge in [0.2, 0.25) is 0 Å². The van der Waals surface area contributed by atoms with E-state index in [9.17, 15) is 4.79 Å². The number of aromatic nitrogens is 4. The van der Waals surface area contributed by atoms with Crippen LogP contribution in [0.25, 0.3) is 5.69 Å². The standard InChI is InChI=1S/C19H20ClN5O/c20-15-6-8-17(9-7-15)25-19(26)22-18(23-25)14-4-3-11-24(12-14)13-16-5-1-2-10-21-16/h1-2,5-10,14H,3-4,11-13H2,(H,22,23,26). The molecule has 1 fully saturated rings. The molecule has 4 rings (SSSR count). The molecule has 7 heteroatoms. The molecule has 3 heterocycles. The number of halogens is 1. The molecule has 26 heavy (non-hydrogen) atoms. The molecule has 0 saturated carbocycles. The summed E-state index contributed by atoms with van der Waals surface area (Å²) >= 11 is 5.92. The second-order valence-electron chi connectivity index (χ2n) is 6.60. The topological polar surface area (TPSA) is 66.8 Å². The van der Waals surface area contributed by atoms with Crippen molar-refractivity contribution >= 4 is 11.6 Å². The number of likely N-dealkylation sites (tertiary alicyclic amines) is 1. The first-order valence-electron chi connectivity index (χ1n) is 8.76. The van der Waals surface area contributed by atoms with Crippen molar-refractivity contribution in [1.29, 1.82) is 0 Å². The van der Waals surface area contributed by atoms with Gasteiger partial charge in [0.15, 0.2) is 0 Å².